The maximum Gasteiger partial charge on any atom is 0.269 e. The zero-order valence-corrected chi connectivity index (χ0v) is 11.3. The van der Waals surface area contributed by atoms with E-state index in [1.165, 1.54) is 12.5 Å². The van der Waals surface area contributed by atoms with Gasteiger partial charge in [-0.2, -0.15) is 0 Å². The van der Waals surface area contributed by atoms with Gasteiger partial charge < -0.3 is 15.6 Å². The van der Waals surface area contributed by atoms with Gasteiger partial charge in [0, 0.05) is 18.5 Å². The average Bonchev–Trinajstić information content (AvgIpc) is 3.06. The van der Waals surface area contributed by atoms with E-state index in [0.717, 1.165) is 16.7 Å². The summed E-state index contributed by atoms with van der Waals surface area (Å²) in [7, 11) is 0. The molecule has 3 N–H and O–H groups in total. The first kappa shape index (κ1) is 13.1. The van der Waals surface area contributed by atoms with Crippen LogP contribution < -0.4 is 10.6 Å². The summed E-state index contributed by atoms with van der Waals surface area (Å²) in [5.74, 6) is 0.630. The number of H-pyrrole nitrogens is 1. The summed E-state index contributed by atoms with van der Waals surface area (Å²) in [6, 6.07) is 11.9. The van der Waals surface area contributed by atoms with Crippen molar-refractivity contribution in [3.8, 4) is 0 Å². The van der Waals surface area contributed by atoms with Crippen LogP contribution in [-0.4, -0.2) is 33.9 Å². The number of para-hydroxylation sites is 1. The number of hydrogen-bond acceptors (Lipinski definition) is 4. The fourth-order valence-electron chi connectivity index (χ4n) is 2.01. The minimum atomic E-state index is -0.166. The predicted octanol–water partition coefficient (Wildman–Crippen LogP) is 1.80. The number of rotatable bonds is 5. The van der Waals surface area contributed by atoms with Crippen molar-refractivity contribution in [3.63, 3.8) is 0 Å². The van der Waals surface area contributed by atoms with E-state index in [1.807, 2.05) is 36.4 Å². The van der Waals surface area contributed by atoms with Gasteiger partial charge in [-0.3, -0.25) is 4.79 Å². The van der Waals surface area contributed by atoms with Crippen LogP contribution >= 0.6 is 0 Å². The number of anilines is 1. The number of carbonyl (C=O) groups is 1. The zero-order valence-electron chi connectivity index (χ0n) is 11.3. The molecule has 3 aromatic rings. The van der Waals surface area contributed by atoms with E-state index in [0.29, 0.717) is 18.8 Å². The van der Waals surface area contributed by atoms with Crippen molar-refractivity contribution in [2.24, 2.45) is 0 Å². The summed E-state index contributed by atoms with van der Waals surface area (Å²) < 4.78 is 0. The van der Waals surface area contributed by atoms with Gasteiger partial charge in [-0.1, -0.05) is 18.2 Å². The van der Waals surface area contributed by atoms with Gasteiger partial charge in [0.15, 0.2) is 0 Å². The van der Waals surface area contributed by atoms with Crippen molar-refractivity contribution < 1.29 is 4.79 Å². The minimum Gasteiger partial charge on any atom is -0.368 e. The highest BCUT2D eigenvalue weighted by Gasteiger charge is 2.05. The number of fused-ring (bicyclic) bond motifs is 1. The highest BCUT2D eigenvalue weighted by atomic mass is 16.1. The molecule has 106 valence electrons. The smallest absolute Gasteiger partial charge is 0.269 e. The van der Waals surface area contributed by atoms with Crippen molar-refractivity contribution in [1.82, 2.24) is 20.3 Å². The molecule has 1 amide bonds. The molecule has 6 heteroatoms. The van der Waals surface area contributed by atoms with Gasteiger partial charge in [0.2, 0.25) is 0 Å². The Bertz CT molecular complexity index is 739. The summed E-state index contributed by atoms with van der Waals surface area (Å²) in [5, 5.41) is 7.08. The Morgan fingerprint density at radius 2 is 2.05 bits per heavy atom. The molecule has 0 fully saturated rings. The monoisotopic (exact) mass is 281 g/mol. The van der Waals surface area contributed by atoms with Crippen LogP contribution in [0.2, 0.25) is 0 Å². The maximum absolute atomic E-state index is 11.7. The molecule has 0 saturated carbocycles. The molecule has 0 spiro atoms. The molecule has 0 aliphatic heterocycles. The molecule has 0 aliphatic rings. The number of carbonyl (C=O) groups excluding carboxylic acids is 1. The average molecular weight is 281 g/mol. The number of aromatic amines is 1. The fraction of sp³-hybridized carbons (Fsp3) is 0.133. The van der Waals surface area contributed by atoms with Crippen LogP contribution in [0.4, 0.5) is 5.82 Å². The summed E-state index contributed by atoms with van der Waals surface area (Å²) >= 11 is 0. The molecule has 0 saturated heterocycles. The third-order valence-corrected chi connectivity index (χ3v) is 3.06. The van der Waals surface area contributed by atoms with Gasteiger partial charge in [0.05, 0.1) is 18.0 Å². The number of pyridine rings is 1. The highest BCUT2D eigenvalue weighted by Crippen LogP contribution is 2.13. The third-order valence-electron chi connectivity index (χ3n) is 3.06. The molecular weight excluding hydrogens is 266 g/mol. The van der Waals surface area contributed by atoms with Crippen LogP contribution in [0, 0.1) is 0 Å². The van der Waals surface area contributed by atoms with E-state index >= 15 is 0 Å². The van der Waals surface area contributed by atoms with Crippen LogP contribution in [-0.2, 0) is 0 Å². The number of amides is 1. The minimum absolute atomic E-state index is 0.166. The summed E-state index contributed by atoms with van der Waals surface area (Å²) in [5.41, 5.74) is 1.41. The number of aromatic nitrogens is 3. The summed E-state index contributed by atoms with van der Waals surface area (Å²) in [6.45, 7) is 1.11. The van der Waals surface area contributed by atoms with Gasteiger partial charge >= 0.3 is 0 Å². The van der Waals surface area contributed by atoms with E-state index in [9.17, 15) is 4.79 Å². The predicted molar refractivity (Wildman–Crippen MR) is 81.2 cm³/mol. The second kappa shape index (κ2) is 6.04. The molecule has 1 aromatic carbocycles. The number of hydrogen-bond donors (Lipinski definition) is 3. The van der Waals surface area contributed by atoms with Crippen LogP contribution in [0.1, 0.15) is 10.5 Å². The van der Waals surface area contributed by atoms with Crippen molar-refractivity contribution in [1.29, 1.82) is 0 Å². The Hall–Kier alpha value is -2.89. The van der Waals surface area contributed by atoms with Crippen molar-refractivity contribution in [3.05, 3.63) is 54.6 Å². The zero-order chi connectivity index (χ0) is 14.5. The Morgan fingerprint density at radius 3 is 2.90 bits per heavy atom. The Morgan fingerprint density at radius 1 is 1.14 bits per heavy atom. The summed E-state index contributed by atoms with van der Waals surface area (Å²) in [4.78, 5) is 22.7. The molecule has 21 heavy (non-hydrogen) atoms. The second-order valence-corrected chi connectivity index (χ2v) is 4.54. The van der Waals surface area contributed by atoms with Gasteiger partial charge in [0.1, 0.15) is 11.5 Å². The molecule has 0 atom stereocenters. The molecule has 0 radical (unpaired) electrons. The lowest BCUT2D eigenvalue weighted by Gasteiger charge is -2.07. The van der Waals surface area contributed by atoms with Crippen LogP contribution in [0.3, 0.4) is 0 Å². The normalized spacial score (nSPS) is 10.5. The van der Waals surface area contributed by atoms with Crippen LogP contribution in [0.15, 0.2) is 48.9 Å². The lowest BCUT2D eigenvalue weighted by atomic mass is 10.2. The SMILES string of the molecule is O=C(NCCNc1ccc2ccccc2n1)c1cnc[nH]1. The van der Waals surface area contributed by atoms with E-state index in [4.69, 9.17) is 0 Å². The number of benzene rings is 1. The van der Waals surface area contributed by atoms with E-state index in [1.54, 1.807) is 0 Å². The highest BCUT2D eigenvalue weighted by molar-refractivity contribution is 5.91. The fourth-order valence-corrected chi connectivity index (χ4v) is 2.01. The topological polar surface area (TPSA) is 82.7 Å². The van der Waals surface area contributed by atoms with E-state index in [2.05, 4.69) is 25.6 Å². The van der Waals surface area contributed by atoms with Gasteiger partial charge in [-0.25, -0.2) is 9.97 Å². The lowest BCUT2D eigenvalue weighted by molar-refractivity contribution is 0.0950. The maximum atomic E-state index is 11.7. The Balaban J connectivity index is 1.51. The first-order chi connectivity index (χ1) is 10.3. The molecule has 2 heterocycles. The molecule has 0 aliphatic carbocycles. The Labute approximate surface area is 121 Å². The third kappa shape index (κ3) is 3.17. The van der Waals surface area contributed by atoms with Gasteiger partial charge in [0.25, 0.3) is 5.91 Å². The second-order valence-electron chi connectivity index (χ2n) is 4.54. The molecule has 0 bridgehead atoms. The Kier molecular flexibility index (Phi) is 3.77. The van der Waals surface area contributed by atoms with Crippen molar-refractivity contribution in [2.75, 3.05) is 18.4 Å². The number of nitrogens with one attached hydrogen (secondary N) is 3. The van der Waals surface area contributed by atoms with Crippen LogP contribution in [0.25, 0.3) is 10.9 Å². The lowest BCUT2D eigenvalue weighted by Crippen LogP contribution is -2.29. The van der Waals surface area contributed by atoms with Crippen LogP contribution in [0.5, 0.6) is 0 Å². The number of nitrogens with zero attached hydrogens (tertiary/aromatic N) is 2. The molecule has 6 nitrogen and oxygen atoms in total. The van der Waals surface area contributed by atoms with Gasteiger partial charge in [-0.15, -0.1) is 0 Å². The van der Waals surface area contributed by atoms with Crippen molar-refractivity contribution >= 4 is 22.6 Å². The molecule has 3 rings (SSSR count). The van der Waals surface area contributed by atoms with E-state index < -0.39 is 0 Å². The quantitative estimate of drug-likeness (QED) is 0.623. The molecular formula is C15H15N5O. The largest absolute Gasteiger partial charge is 0.368 e. The first-order valence-electron chi connectivity index (χ1n) is 6.69. The van der Waals surface area contributed by atoms with Crippen molar-refractivity contribution in [2.45, 2.75) is 0 Å². The van der Waals surface area contributed by atoms with E-state index in [-0.39, 0.29) is 5.91 Å². The molecule has 0 unspecified atom stereocenters. The summed E-state index contributed by atoms with van der Waals surface area (Å²) in [6.07, 6.45) is 2.97. The number of imidazole rings is 1. The van der Waals surface area contributed by atoms with Gasteiger partial charge in [-0.05, 0) is 18.2 Å². The standard InChI is InChI=1S/C15H15N5O/c21-15(13-9-16-10-19-13)18-8-7-17-14-6-5-11-3-1-2-4-12(11)20-14/h1-6,9-10H,7-8H2,(H,16,19)(H,17,20)(H,18,21). The molecule has 2 aromatic heterocycles. The first-order valence-corrected chi connectivity index (χ1v) is 6.69.